The summed E-state index contributed by atoms with van der Waals surface area (Å²) in [7, 11) is 0. The average molecular weight is 252 g/mol. The second-order valence-electron chi connectivity index (χ2n) is 3.41. The first-order valence-electron chi connectivity index (χ1n) is 5.03. The Bertz CT molecular complexity index is 538. The van der Waals surface area contributed by atoms with Gasteiger partial charge in [0.1, 0.15) is 19.0 Å². The second-order valence-corrected chi connectivity index (χ2v) is 3.41. The Morgan fingerprint density at radius 1 is 1.39 bits per heavy atom. The summed E-state index contributed by atoms with van der Waals surface area (Å²) in [5.74, 6) is -0.972. The van der Waals surface area contributed by atoms with Crippen molar-refractivity contribution < 1.29 is 23.6 Å². The van der Waals surface area contributed by atoms with E-state index in [-0.39, 0.29) is 24.1 Å². The highest BCUT2D eigenvalue weighted by molar-refractivity contribution is 5.67. The lowest BCUT2D eigenvalue weighted by molar-refractivity contribution is -0.142. The van der Waals surface area contributed by atoms with Gasteiger partial charge < -0.3 is 14.4 Å². The summed E-state index contributed by atoms with van der Waals surface area (Å²) in [5.41, 5.74) is 0.577. The van der Waals surface area contributed by atoms with Gasteiger partial charge >= 0.3 is 5.97 Å². The van der Waals surface area contributed by atoms with Crippen molar-refractivity contribution >= 4 is 5.97 Å². The maximum atomic E-state index is 12.7. The van der Waals surface area contributed by atoms with Crippen molar-refractivity contribution in [1.82, 2.24) is 10.1 Å². The quantitative estimate of drug-likeness (QED) is 0.867. The van der Waals surface area contributed by atoms with Crippen LogP contribution in [-0.4, -0.2) is 27.8 Å². The summed E-state index contributed by atoms with van der Waals surface area (Å²) < 4.78 is 22.4. The summed E-state index contributed by atoms with van der Waals surface area (Å²) in [6.45, 7) is -0.489. The molecule has 0 bridgehead atoms. The number of aromatic nitrogens is 2. The Kier molecular flexibility index (Phi) is 3.63. The van der Waals surface area contributed by atoms with Gasteiger partial charge in [-0.1, -0.05) is 5.16 Å². The molecule has 0 aliphatic heterocycles. The second kappa shape index (κ2) is 5.37. The maximum absolute atomic E-state index is 12.7. The van der Waals surface area contributed by atoms with Crippen LogP contribution in [0, 0.1) is 5.82 Å². The molecule has 2 aromatic rings. The monoisotopic (exact) mass is 252 g/mol. The van der Waals surface area contributed by atoms with E-state index in [0.29, 0.717) is 5.56 Å². The molecule has 1 aromatic carbocycles. The summed E-state index contributed by atoms with van der Waals surface area (Å²) >= 11 is 0. The van der Waals surface area contributed by atoms with Crippen molar-refractivity contribution in [3.05, 3.63) is 35.9 Å². The van der Waals surface area contributed by atoms with E-state index in [1.807, 2.05) is 0 Å². The first-order valence-corrected chi connectivity index (χ1v) is 5.03. The fraction of sp³-hybridized carbons (Fsp3) is 0.182. The van der Waals surface area contributed by atoms with Crippen molar-refractivity contribution in [1.29, 1.82) is 0 Å². The number of benzene rings is 1. The van der Waals surface area contributed by atoms with Crippen LogP contribution in [0.3, 0.4) is 0 Å². The minimum absolute atomic E-state index is 0.0585. The molecule has 0 aliphatic rings. The molecule has 0 saturated heterocycles. The number of ether oxygens (including phenoxy) is 1. The fourth-order valence-electron chi connectivity index (χ4n) is 1.25. The zero-order chi connectivity index (χ0) is 13.0. The molecule has 0 saturated carbocycles. The molecule has 0 aliphatic carbocycles. The molecule has 0 radical (unpaired) electrons. The molecule has 0 spiro atoms. The van der Waals surface area contributed by atoms with E-state index in [4.69, 9.17) is 14.4 Å². The summed E-state index contributed by atoms with van der Waals surface area (Å²) in [6, 6.07) is 5.57. The molecule has 0 fully saturated rings. The number of nitrogens with zero attached hydrogens (tertiary/aromatic N) is 2. The van der Waals surface area contributed by atoms with Crippen molar-refractivity contribution in [3.8, 4) is 11.5 Å². The third-order valence-electron chi connectivity index (χ3n) is 2.02. The third kappa shape index (κ3) is 3.11. The van der Waals surface area contributed by atoms with Gasteiger partial charge in [0.25, 0.3) is 5.89 Å². The van der Waals surface area contributed by atoms with Crippen LogP contribution in [0.2, 0.25) is 0 Å². The van der Waals surface area contributed by atoms with Gasteiger partial charge in [-0.15, -0.1) is 0 Å². The van der Waals surface area contributed by atoms with Crippen LogP contribution in [0.25, 0.3) is 11.5 Å². The van der Waals surface area contributed by atoms with Crippen LogP contribution in [0.5, 0.6) is 0 Å². The number of carboxylic acid groups (broad SMARTS) is 1. The van der Waals surface area contributed by atoms with Gasteiger partial charge in [0, 0.05) is 5.56 Å². The topological polar surface area (TPSA) is 85.5 Å². The van der Waals surface area contributed by atoms with Crippen LogP contribution in [0.1, 0.15) is 5.82 Å². The van der Waals surface area contributed by atoms with E-state index >= 15 is 0 Å². The molecular formula is C11H9FN2O4. The Morgan fingerprint density at radius 3 is 2.78 bits per heavy atom. The minimum atomic E-state index is -1.07. The lowest BCUT2D eigenvalue weighted by atomic mass is 10.2. The van der Waals surface area contributed by atoms with Crippen LogP contribution in [0.4, 0.5) is 4.39 Å². The average Bonchev–Trinajstić information content (AvgIpc) is 2.78. The number of aliphatic carboxylic acids is 1. The van der Waals surface area contributed by atoms with E-state index < -0.39 is 12.6 Å². The molecule has 94 valence electrons. The summed E-state index contributed by atoms with van der Waals surface area (Å²) in [5, 5.41) is 12.0. The van der Waals surface area contributed by atoms with Crippen molar-refractivity contribution in [2.24, 2.45) is 0 Å². The zero-order valence-corrected chi connectivity index (χ0v) is 9.17. The van der Waals surface area contributed by atoms with Gasteiger partial charge in [0.15, 0.2) is 5.82 Å². The van der Waals surface area contributed by atoms with E-state index in [1.165, 1.54) is 24.3 Å². The molecule has 1 N–H and O–H groups in total. The molecule has 0 unspecified atom stereocenters. The fourth-order valence-corrected chi connectivity index (χ4v) is 1.25. The SMILES string of the molecule is O=C(O)COCc1noc(-c2ccc(F)cc2)n1. The Labute approximate surface area is 101 Å². The molecule has 18 heavy (non-hydrogen) atoms. The minimum Gasteiger partial charge on any atom is -0.480 e. The van der Waals surface area contributed by atoms with Crippen molar-refractivity contribution in [3.63, 3.8) is 0 Å². The number of hydrogen-bond donors (Lipinski definition) is 1. The normalized spacial score (nSPS) is 10.5. The predicted octanol–water partition coefficient (Wildman–Crippen LogP) is 1.48. The highest BCUT2D eigenvalue weighted by Gasteiger charge is 2.09. The molecule has 1 heterocycles. The number of halogens is 1. The third-order valence-corrected chi connectivity index (χ3v) is 2.02. The van der Waals surface area contributed by atoms with Gasteiger partial charge in [-0.25, -0.2) is 9.18 Å². The standard InChI is InChI=1S/C11H9FN2O4/c12-8-3-1-7(2-4-8)11-13-9(14-18-11)5-17-6-10(15)16/h1-4H,5-6H2,(H,15,16). The maximum Gasteiger partial charge on any atom is 0.329 e. The first-order chi connectivity index (χ1) is 8.65. The lowest BCUT2D eigenvalue weighted by Gasteiger charge is -1.94. The Morgan fingerprint density at radius 2 is 2.11 bits per heavy atom. The molecule has 1 aromatic heterocycles. The molecular weight excluding hydrogens is 243 g/mol. The molecule has 0 amide bonds. The smallest absolute Gasteiger partial charge is 0.329 e. The Balaban J connectivity index is 2.01. The van der Waals surface area contributed by atoms with Crippen LogP contribution >= 0.6 is 0 Å². The van der Waals surface area contributed by atoms with Crippen LogP contribution in [-0.2, 0) is 16.1 Å². The van der Waals surface area contributed by atoms with E-state index in [1.54, 1.807) is 0 Å². The van der Waals surface area contributed by atoms with E-state index in [0.717, 1.165) is 0 Å². The first kappa shape index (κ1) is 12.2. The lowest BCUT2D eigenvalue weighted by Crippen LogP contribution is -2.07. The highest BCUT2D eigenvalue weighted by atomic mass is 19.1. The number of carbonyl (C=O) groups is 1. The van der Waals surface area contributed by atoms with Gasteiger partial charge in [-0.3, -0.25) is 0 Å². The number of hydrogen-bond acceptors (Lipinski definition) is 5. The van der Waals surface area contributed by atoms with Crippen LogP contribution < -0.4 is 0 Å². The zero-order valence-electron chi connectivity index (χ0n) is 9.17. The van der Waals surface area contributed by atoms with Gasteiger partial charge in [-0.05, 0) is 24.3 Å². The summed E-state index contributed by atoms with van der Waals surface area (Å²) in [6.07, 6.45) is 0. The van der Waals surface area contributed by atoms with Gasteiger partial charge in [0.05, 0.1) is 0 Å². The highest BCUT2D eigenvalue weighted by Crippen LogP contribution is 2.17. The van der Waals surface area contributed by atoms with Crippen molar-refractivity contribution in [2.45, 2.75) is 6.61 Å². The molecule has 0 atom stereocenters. The molecule has 7 heteroatoms. The molecule has 6 nitrogen and oxygen atoms in total. The largest absolute Gasteiger partial charge is 0.480 e. The predicted molar refractivity (Wildman–Crippen MR) is 57.0 cm³/mol. The van der Waals surface area contributed by atoms with Gasteiger partial charge in [0.2, 0.25) is 0 Å². The van der Waals surface area contributed by atoms with Crippen molar-refractivity contribution in [2.75, 3.05) is 6.61 Å². The summed E-state index contributed by atoms with van der Waals surface area (Å²) in [4.78, 5) is 14.2. The molecule has 2 rings (SSSR count). The number of carboxylic acids is 1. The van der Waals surface area contributed by atoms with E-state index in [2.05, 4.69) is 10.1 Å². The van der Waals surface area contributed by atoms with Gasteiger partial charge in [-0.2, -0.15) is 4.98 Å². The van der Waals surface area contributed by atoms with Crippen LogP contribution in [0.15, 0.2) is 28.8 Å². The number of rotatable bonds is 5. The Hall–Kier alpha value is -2.28. The van der Waals surface area contributed by atoms with E-state index in [9.17, 15) is 9.18 Å².